The molecule has 1 aromatic rings. The van der Waals surface area contributed by atoms with Gasteiger partial charge in [0.1, 0.15) is 5.82 Å². The topological polar surface area (TPSA) is 52.5 Å². The lowest BCUT2D eigenvalue weighted by Gasteiger charge is -1.96. The molecule has 1 atom stereocenters. The maximum atomic E-state index is 8.69. The number of H-pyrrole nitrogens is 1. The zero-order valence-electron chi connectivity index (χ0n) is 7.68. The second kappa shape index (κ2) is 3.40. The Morgan fingerprint density at radius 3 is 2.75 bits per heavy atom. The zero-order chi connectivity index (χ0) is 9.14. The van der Waals surface area contributed by atoms with Crippen molar-refractivity contribution in [3.8, 4) is 6.07 Å². The predicted octanol–water partition coefficient (Wildman–Crippen LogP) is 1.91. The highest BCUT2D eigenvalue weighted by molar-refractivity contribution is 5.21. The van der Waals surface area contributed by atoms with Crippen LogP contribution < -0.4 is 0 Å². The average molecular weight is 163 g/mol. The molecule has 1 rings (SSSR count). The van der Waals surface area contributed by atoms with Crippen LogP contribution in [-0.4, -0.2) is 9.97 Å². The molecule has 0 fully saturated rings. The summed E-state index contributed by atoms with van der Waals surface area (Å²) >= 11 is 0. The molecular formula is C9H13N3. The van der Waals surface area contributed by atoms with E-state index in [1.165, 1.54) is 0 Å². The normalized spacial score (nSPS) is 12.5. The van der Waals surface area contributed by atoms with E-state index in [4.69, 9.17) is 5.26 Å². The summed E-state index contributed by atoms with van der Waals surface area (Å²) in [5.74, 6) is 0.853. The maximum absolute atomic E-state index is 8.69. The minimum absolute atomic E-state index is 0.110. The van der Waals surface area contributed by atoms with Crippen molar-refractivity contribution in [2.24, 2.45) is 0 Å². The van der Waals surface area contributed by atoms with Crippen molar-refractivity contribution in [3.63, 3.8) is 0 Å². The van der Waals surface area contributed by atoms with Gasteiger partial charge in [-0.1, -0.05) is 6.92 Å². The number of aromatic amines is 1. The van der Waals surface area contributed by atoms with E-state index in [2.05, 4.69) is 16.0 Å². The molecule has 0 unspecified atom stereocenters. The highest BCUT2D eigenvalue weighted by atomic mass is 14.9. The van der Waals surface area contributed by atoms with Crippen molar-refractivity contribution in [1.29, 1.82) is 5.26 Å². The Morgan fingerprint density at radius 1 is 1.67 bits per heavy atom. The summed E-state index contributed by atoms with van der Waals surface area (Å²) in [6, 6.07) is 2.18. The number of nitrogens with zero attached hydrogens (tertiary/aromatic N) is 2. The first kappa shape index (κ1) is 8.79. The molecule has 0 saturated carbocycles. The van der Waals surface area contributed by atoms with Crippen LogP contribution in [0.2, 0.25) is 0 Å². The van der Waals surface area contributed by atoms with E-state index < -0.39 is 0 Å². The molecule has 0 aromatic carbocycles. The molecule has 3 heteroatoms. The SMILES string of the molecule is CCc1nc([C@@H](C)C#N)c(C)[nH]1. The summed E-state index contributed by atoms with van der Waals surface area (Å²) in [5.41, 5.74) is 1.90. The molecule has 1 N–H and O–H groups in total. The van der Waals surface area contributed by atoms with E-state index in [-0.39, 0.29) is 5.92 Å². The molecule has 1 aromatic heterocycles. The van der Waals surface area contributed by atoms with Crippen LogP contribution in [0.25, 0.3) is 0 Å². The largest absolute Gasteiger partial charge is 0.346 e. The van der Waals surface area contributed by atoms with E-state index in [1.807, 2.05) is 20.8 Å². The van der Waals surface area contributed by atoms with Crippen LogP contribution in [0.4, 0.5) is 0 Å². The summed E-state index contributed by atoms with van der Waals surface area (Å²) < 4.78 is 0. The minimum atomic E-state index is -0.110. The third kappa shape index (κ3) is 1.48. The van der Waals surface area contributed by atoms with E-state index in [0.717, 1.165) is 23.6 Å². The maximum Gasteiger partial charge on any atom is 0.106 e. The fourth-order valence-electron chi connectivity index (χ4n) is 1.19. The highest BCUT2D eigenvalue weighted by Crippen LogP contribution is 2.15. The smallest absolute Gasteiger partial charge is 0.106 e. The van der Waals surface area contributed by atoms with Gasteiger partial charge in [-0.25, -0.2) is 4.98 Å². The van der Waals surface area contributed by atoms with Crippen molar-refractivity contribution in [2.75, 3.05) is 0 Å². The number of hydrogen-bond acceptors (Lipinski definition) is 2. The minimum Gasteiger partial charge on any atom is -0.346 e. The number of nitrogens with one attached hydrogen (secondary N) is 1. The fraction of sp³-hybridized carbons (Fsp3) is 0.556. The van der Waals surface area contributed by atoms with Gasteiger partial charge >= 0.3 is 0 Å². The molecule has 1 heterocycles. The van der Waals surface area contributed by atoms with Crippen molar-refractivity contribution >= 4 is 0 Å². The van der Waals surface area contributed by atoms with Gasteiger partial charge in [0.05, 0.1) is 17.7 Å². The van der Waals surface area contributed by atoms with E-state index in [9.17, 15) is 0 Å². The summed E-state index contributed by atoms with van der Waals surface area (Å²) in [4.78, 5) is 7.47. The van der Waals surface area contributed by atoms with Gasteiger partial charge in [-0.3, -0.25) is 0 Å². The van der Waals surface area contributed by atoms with Crippen molar-refractivity contribution in [2.45, 2.75) is 33.1 Å². The van der Waals surface area contributed by atoms with Crippen LogP contribution in [0, 0.1) is 18.3 Å². The molecule has 0 aliphatic heterocycles. The Morgan fingerprint density at radius 2 is 2.33 bits per heavy atom. The van der Waals surface area contributed by atoms with Crippen LogP contribution in [0.3, 0.4) is 0 Å². The molecule has 3 nitrogen and oxygen atoms in total. The van der Waals surface area contributed by atoms with Gasteiger partial charge in [-0.05, 0) is 13.8 Å². The number of nitriles is 1. The molecule has 0 saturated heterocycles. The molecule has 0 spiro atoms. The molecule has 0 aliphatic carbocycles. The molecular weight excluding hydrogens is 150 g/mol. The summed E-state index contributed by atoms with van der Waals surface area (Å²) in [5, 5.41) is 8.69. The van der Waals surface area contributed by atoms with E-state index in [0.29, 0.717) is 0 Å². The number of imidazole rings is 1. The molecule has 0 radical (unpaired) electrons. The first-order valence-corrected chi connectivity index (χ1v) is 4.14. The summed E-state index contributed by atoms with van der Waals surface area (Å²) in [6.07, 6.45) is 0.888. The van der Waals surface area contributed by atoms with E-state index in [1.54, 1.807) is 0 Å². The van der Waals surface area contributed by atoms with Crippen molar-refractivity contribution in [3.05, 3.63) is 17.2 Å². The van der Waals surface area contributed by atoms with Gasteiger partial charge in [0.2, 0.25) is 0 Å². The number of hydrogen-bond donors (Lipinski definition) is 1. The lowest BCUT2D eigenvalue weighted by molar-refractivity contribution is 0.903. The van der Waals surface area contributed by atoms with Crippen LogP contribution in [0.15, 0.2) is 0 Å². The van der Waals surface area contributed by atoms with Crippen LogP contribution >= 0.6 is 0 Å². The van der Waals surface area contributed by atoms with Crippen molar-refractivity contribution in [1.82, 2.24) is 9.97 Å². The highest BCUT2D eigenvalue weighted by Gasteiger charge is 2.11. The Labute approximate surface area is 72.4 Å². The monoisotopic (exact) mass is 163 g/mol. The van der Waals surface area contributed by atoms with Crippen molar-refractivity contribution < 1.29 is 0 Å². The fourth-order valence-corrected chi connectivity index (χ4v) is 1.19. The van der Waals surface area contributed by atoms with Gasteiger partial charge in [0.25, 0.3) is 0 Å². The van der Waals surface area contributed by atoms with Crippen LogP contribution in [-0.2, 0) is 6.42 Å². The second-order valence-corrected chi connectivity index (χ2v) is 2.90. The first-order chi connectivity index (χ1) is 5.69. The lowest BCUT2D eigenvalue weighted by atomic mass is 10.1. The number of rotatable bonds is 2. The van der Waals surface area contributed by atoms with Gasteiger partial charge in [0, 0.05) is 12.1 Å². The van der Waals surface area contributed by atoms with Gasteiger partial charge in [-0.2, -0.15) is 5.26 Å². The van der Waals surface area contributed by atoms with Crippen LogP contribution in [0.5, 0.6) is 0 Å². The third-order valence-corrected chi connectivity index (χ3v) is 1.91. The van der Waals surface area contributed by atoms with E-state index >= 15 is 0 Å². The summed E-state index contributed by atoms with van der Waals surface area (Å²) in [7, 11) is 0. The molecule has 64 valence electrons. The quantitative estimate of drug-likeness (QED) is 0.724. The Balaban J connectivity index is 3.01. The predicted molar refractivity (Wildman–Crippen MR) is 46.7 cm³/mol. The summed E-state index contributed by atoms with van der Waals surface area (Å²) in [6.45, 7) is 5.86. The zero-order valence-corrected chi connectivity index (χ0v) is 7.68. The number of aromatic nitrogens is 2. The number of aryl methyl sites for hydroxylation is 2. The lowest BCUT2D eigenvalue weighted by Crippen LogP contribution is -1.92. The van der Waals surface area contributed by atoms with Crippen LogP contribution in [0.1, 0.15) is 37.0 Å². The second-order valence-electron chi connectivity index (χ2n) is 2.90. The first-order valence-electron chi connectivity index (χ1n) is 4.14. The Kier molecular flexibility index (Phi) is 2.49. The van der Waals surface area contributed by atoms with Gasteiger partial charge < -0.3 is 4.98 Å². The van der Waals surface area contributed by atoms with Gasteiger partial charge in [-0.15, -0.1) is 0 Å². The molecule has 0 aliphatic rings. The molecule has 0 amide bonds. The van der Waals surface area contributed by atoms with Gasteiger partial charge in [0.15, 0.2) is 0 Å². The third-order valence-electron chi connectivity index (χ3n) is 1.91. The standard InChI is InChI=1S/C9H13N3/c1-4-8-11-7(3)9(12-8)6(2)5-10/h6H,4H2,1-3H3,(H,11,12)/t6-/m0/s1. The molecule has 0 bridgehead atoms. The molecule has 12 heavy (non-hydrogen) atoms. The Hall–Kier alpha value is -1.30. The average Bonchev–Trinajstić information content (AvgIpc) is 2.45. The Bertz CT molecular complexity index is 306.